The smallest absolute Gasteiger partial charge is 0.350 e. The number of rotatable bonds is 7. The zero-order valence-corrected chi connectivity index (χ0v) is 22.8. The van der Waals surface area contributed by atoms with E-state index in [1.807, 2.05) is 44.2 Å². The number of hydrogen-bond donors (Lipinski definition) is 2. The molecule has 14 heteroatoms. The molecule has 214 valence electrons. The second-order valence-corrected chi connectivity index (χ2v) is 12.1. The molecule has 0 bridgehead atoms. The number of morpholine rings is 1. The largest absolute Gasteiger partial charge is 0.390 e. The molecule has 0 spiro atoms. The molecule has 3 aromatic heterocycles. The molecule has 40 heavy (non-hydrogen) atoms. The van der Waals surface area contributed by atoms with Crippen LogP contribution in [0.15, 0.2) is 42.6 Å². The predicted molar refractivity (Wildman–Crippen MR) is 143 cm³/mol. The van der Waals surface area contributed by atoms with Gasteiger partial charge in [-0.3, -0.25) is 9.78 Å². The third-order valence-electron chi connectivity index (χ3n) is 6.90. The zero-order chi connectivity index (χ0) is 28.6. The minimum Gasteiger partial charge on any atom is -0.390 e. The number of pyridine rings is 3. The lowest BCUT2D eigenvalue weighted by atomic mass is 10.1. The van der Waals surface area contributed by atoms with Gasteiger partial charge < -0.3 is 20.1 Å². The van der Waals surface area contributed by atoms with Crippen LogP contribution in [0.1, 0.15) is 19.5 Å². The maximum Gasteiger partial charge on any atom is 0.350 e. The van der Waals surface area contributed by atoms with Gasteiger partial charge in [0.1, 0.15) is 5.82 Å². The monoisotopic (exact) mass is 576 g/mol. The summed E-state index contributed by atoms with van der Waals surface area (Å²) in [5.41, 5.74) is 2.35. The van der Waals surface area contributed by atoms with Crippen molar-refractivity contribution in [3.63, 3.8) is 0 Å². The molecule has 2 fully saturated rings. The van der Waals surface area contributed by atoms with Gasteiger partial charge in [0.2, 0.25) is 5.91 Å². The Morgan fingerprint density at radius 1 is 1.10 bits per heavy atom. The van der Waals surface area contributed by atoms with Crippen LogP contribution in [0.3, 0.4) is 0 Å². The molecule has 1 amide bonds. The Balaban J connectivity index is 1.29. The first-order chi connectivity index (χ1) is 19.0. The zero-order valence-electron chi connectivity index (χ0n) is 21.9. The molecule has 0 unspecified atom stereocenters. The molecule has 0 radical (unpaired) electrons. The minimum atomic E-state index is -4.85. The first kappa shape index (κ1) is 28.2. The van der Waals surface area contributed by atoms with Crippen molar-refractivity contribution in [1.82, 2.24) is 24.6 Å². The van der Waals surface area contributed by atoms with E-state index in [1.165, 1.54) is 0 Å². The number of hydrogen-bond acceptors (Lipinski definition) is 9. The summed E-state index contributed by atoms with van der Waals surface area (Å²) in [6.45, 7) is 4.58. The molecule has 2 aliphatic heterocycles. The van der Waals surface area contributed by atoms with Gasteiger partial charge in [0.15, 0.2) is 0 Å². The van der Waals surface area contributed by atoms with Crippen LogP contribution in [-0.4, -0.2) is 95.0 Å². The number of alkyl halides is 2. The minimum absolute atomic E-state index is 0.0951. The fourth-order valence-electron chi connectivity index (χ4n) is 5.04. The first-order valence-corrected chi connectivity index (χ1v) is 14.4. The Hall–Kier alpha value is -3.33. The summed E-state index contributed by atoms with van der Waals surface area (Å²) >= 11 is 0. The van der Waals surface area contributed by atoms with Gasteiger partial charge in [-0.1, -0.05) is 6.07 Å². The van der Waals surface area contributed by atoms with Crippen molar-refractivity contribution in [3.05, 3.63) is 48.3 Å². The van der Waals surface area contributed by atoms with E-state index >= 15 is 0 Å². The van der Waals surface area contributed by atoms with Crippen molar-refractivity contribution < 1.29 is 31.8 Å². The highest BCUT2D eigenvalue weighted by Crippen LogP contribution is 2.25. The van der Waals surface area contributed by atoms with Crippen LogP contribution in [0.5, 0.6) is 0 Å². The summed E-state index contributed by atoms with van der Waals surface area (Å²) in [4.78, 5) is 28.7. The lowest BCUT2D eigenvalue weighted by molar-refractivity contribution is -0.121. The van der Waals surface area contributed by atoms with Crippen LogP contribution in [0.4, 0.5) is 14.6 Å². The summed E-state index contributed by atoms with van der Waals surface area (Å²) in [6.07, 6.45) is 0.304. The number of anilines is 1. The molecular weight excluding hydrogens is 546 g/mol. The van der Waals surface area contributed by atoms with Crippen molar-refractivity contribution >= 4 is 32.7 Å². The van der Waals surface area contributed by atoms with E-state index in [2.05, 4.69) is 15.2 Å². The molecule has 0 aliphatic carbocycles. The molecule has 3 aromatic rings. The number of carbonyl (C=O) groups excluding carboxylic acids is 1. The Kier molecular flexibility index (Phi) is 7.95. The van der Waals surface area contributed by atoms with Gasteiger partial charge in [-0.25, -0.2) is 18.4 Å². The Morgan fingerprint density at radius 3 is 2.55 bits per heavy atom. The number of nitrogens with zero attached hydrogens (tertiary/aromatic N) is 5. The number of carbonyl (C=O) groups is 1. The highest BCUT2D eigenvalue weighted by atomic mass is 32.2. The average Bonchev–Trinajstić information content (AvgIpc) is 3.28. The number of ether oxygens (including phenoxy) is 1. The number of aliphatic hydroxyl groups is 1. The van der Waals surface area contributed by atoms with Gasteiger partial charge in [-0.2, -0.15) is 13.1 Å². The fourth-order valence-corrected chi connectivity index (χ4v) is 5.99. The molecule has 0 aromatic carbocycles. The normalized spacial score (nSPS) is 24.1. The molecule has 11 nitrogen and oxygen atoms in total. The SMILES string of the molecule is C[C@@H]1CN(c2cccc(-c3ccc4cnc(CC(=O)N[C@@H]5CN(S(=O)(=O)C(F)F)C[C@H]5O)cc4n3)n2)C[C@H](C)O1. The summed E-state index contributed by atoms with van der Waals surface area (Å²) in [5, 5.41) is 13.4. The second-order valence-electron chi connectivity index (χ2n) is 10.1. The van der Waals surface area contributed by atoms with Crippen molar-refractivity contribution in [3.8, 4) is 11.4 Å². The van der Waals surface area contributed by atoms with E-state index in [1.54, 1.807) is 12.3 Å². The van der Waals surface area contributed by atoms with Gasteiger partial charge >= 0.3 is 5.76 Å². The van der Waals surface area contributed by atoms with E-state index in [0.717, 1.165) is 24.3 Å². The van der Waals surface area contributed by atoms with Crippen molar-refractivity contribution in [2.75, 3.05) is 31.1 Å². The van der Waals surface area contributed by atoms with Gasteiger partial charge in [0.25, 0.3) is 10.0 Å². The number of aliphatic hydroxyl groups excluding tert-OH is 1. The summed E-state index contributed by atoms with van der Waals surface area (Å²) in [6, 6.07) is 10.2. The van der Waals surface area contributed by atoms with E-state index < -0.39 is 46.9 Å². The van der Waals surface area contributed by atoms with E-state index in [9.17, 15) is 27.1 Å². The summed E-state index contributed by atoms with van der Waals surface area (Å²) in [5.74, 6) is -3.30. The van der Waals surface area contributed by atoms with Crippen LogP contribution >= 0.6 is 0 Å². The number of fused-ring (bicyclic) bond motifs is 1. The third kappa shape index (κ3) is 6.04. The van der Waals surface area contributed by atoms with Crippen LogP contribution < -0.4 is 10.2 Å². The maximum atomic E-state index is 12.8. The molecule has 5 heterocycles. The number of halogens is 2. The molecular formula is C26H30F2N6O5S. The Labute approximate surface area is 230 Å². The number of β-amino-alcohol motifs (C(OH)–C–C–N with tert-alkyl or cyclic N) is 1. The molecule has 4 atom stereocenters. The molecule has 2 aliphatic rings. The molecule has 0 saturated carbocycles. The second kappa shape index (κ2) is 11.3. The maximum absolute atomic E-state index is 12.8. The van der Waals surface area contributed by atoms with Crippen LogP contribution in [-0.2, 0) is 26.0 Å². The highest BCUT2D eigenvalue weighted by molar-refractivity contribution is 7.89. The number of aromatic nitrogens is 3. The van der Waals surface area contributed by atoms with E-state index in [0.29, 0.717) is 26.9 Å². The number of sulfonamides is 1. The van der Waals surface area contributed by atoms with E-state index in [4.69, 9.17) is 14.7 Å². The summed E-state index contributed by atoms with van der Waals surface area (Å²) < 4.78 is 55.4. The van der Waals surface area contributed by atoms with Gasteiger partial charge in [0.05, 0.1) is 53.4 Å². The van der Waals surface area contributed by atoms with Crippen molar-refractivity contribution in [2.24, 2.45) is 0 Å². The standard InChI is InChI=1S/C26H30F2N6O5S/c1-15-11-33(12-16(2)39-15)24-5-3-4-19(31-24)20-7-6-17-10-29-18(8-21(17)30-20)9-25(36)32-22-13-34(14-23(22)35)40(37,38)26(27)28/h3-8,10,15-16,22-23,26,35H,9,11-14H2,1-2H3,(H,32,36)/t15-,16+,22-,23-/m1/s1. The Morgan fingerprint density at radius 2 is 1.82 bits per heavy atom. The first-order valence-electron chi connectivity index (χ1n) is 12.9. The highest BCUT2D eigenvalue weighted by Gasteiger charge is 2.42. The predicted octanol–water partition coefficient (Wildman–Crippen LogP) is 1.56. The Bertz CT molecular complexity index is 1500. The van der Waals surface area contributed by atoms with Gasteiger partial charge in [-0.15, -0.1) is 0 Å². The lowest BCUT2D eigenvalue weighted by Gasteiger charge is -2.36. The average molecular weight is 577 g/mol. The molecule has 5 rings (SSSR count). The lowest BCUT2D eigenvalue weighted by Crippen LogP contribution is -2.45. The topological polar surface area (TPSA) is 138 Å². The van der Waals surface area contributed by atoms with Crippen molar-refractivity contribution in [2.45, 2.75) is 50.4 Å². The number of nitrogens with one attached hydrogen (secondary N) is 1. The van der Waals surface area contributed by atoms with Crippen LogP contribution in [0, 0.1) is 0 Å². The van der Waals surface area contributed by atoms with Gasteiger partial charge in [-0.05, 0) is 44.2 Å². The molecule has 2 N–H and O–H groups in total. The van der Waals surface area contributed by atoms with Crippen LogP contribution in [0.25, 0.3) is 22.3 Å². The molecule has 2 saturated heterocycles. The fraction of sp³-hybridized carbons (Fsp3) is 0.462. The van der Waals surface area contributed by atoms with Gasteiger partial charge in [0, 0.05) is 37.8 Å². The van der Waals surface area contributed by atoms with Crippen molar-refractivity contribution in [1.29, 1.82) is 0 Å². The quantitative estimate of drug-likeness (QED) is 0.429. The third-order valence-corrected chi connectivity index (χ3v) is 8.37. The van der Waals surface area contributed by atoms with Crippen LogP contribution in [0.2, 0.25) is 0 Å². The van der Waals surface area contributed by atoms with E-state index in [-0.39, 0.29) is 18.6 Å². The summed E-state index contributed by atoms with van der Waals surface area (Å²) in [7, 11) is -4.85. The number of amides is 1.